The van der Waals surface area contributed by atoms with Crippen molar-refractivity contribution in [2.45, 2.75) is 52.1 Å². The molecule has 0 fully saturated rings. The van der Waals surface area contributed by atoms with Gasteiger partial charge in [-0.25, -0.2) is 0 Å². The van der Waals surface area contributed by atoms with Crippen LogP contribution >= 0.6 is 0 Å². The van der Waals surface area contributed by atoms with Crippen LogP contribution in [0.5, 0.6) is 0 Å². The van der Waals surface area contributed by atoms with Gasteiger partial charge in [-0.15, -0.1) is 0 Å². The van der Waals surface area contributed by atoms with Crippen molar-refractivity contribution in [2.75, 3.05) is 6.54 Å². The Labute approximate surface area is 148 Å². The highest BCUT2D eigenvalue weighted by molar-refractivity contribution is 6.22. The number of nitrogens with zero attached hydrogens (tertiary/aromatic N) is 1. The van der Waals surface area contributed by atoms with Crippen molar-refractivity contribution in [1.82, 2.24) is 10.2 Å². The van der Waals surface area contributed by atoms with Crippen molar-refractivity contribution in [3.8, 4) is 0 Å². The monoisotopic (exact) mass is 345 g/mol. The second-order valence-corrected chi connectivity index (χ2v) is 6.80. The smallest absolute Gasteiger partial charge is 0.262 e. The van der Waals surface area contributed by atoms with Gasteiger partial charge >= 0.3 is 0 Å². The molecule has 136 valence electrons. The number of carbonyl (C=O) groups is 3. The summed E-state index contributed by atoms with van der Waals surface area (Å²) >= 11 is 0. The van der Waals surface area contributed by atoms with E-state index in [2.05, 4.69) is 12.2 Å². The van der Waals surface area contributed by atoms with E-state index in [0.717, 1.165) is 24.2 Å². The Hall–Kier alpha value is -2.21. The van der Waals surface area contributed by atoms with E-state index in [1.165, 1.54) is 0 Å². The highest BCUT2D eigenvalue weighted by atomic mass is 16.2. The van der Waals surface area contributed by atoms with Gasteiger partial charge in [0, 0.05) is 12.6 Å². The summed E-state index contributed by atoms with van der Waals surface area (Å²) in [4.78, 5) is 39.3. The lowest BCUT2D eigenvalue weighted by Gasteiger charge is -2.30. The van der Waals surface area contributed by atoms with Gasteiger partial charge in [0.15, 0.2) is 0 Å². The molecule has 2 atom stereocenters. The molecule has 1 aliphatic rings. The third-order valence-electron chi connectivity index (χ3n) is 4.54. The van der Waals surface area contributed by atoms with E-state index >= 15 is 0 Å². The van der Waals surface area contributed by atoms with Crippen LogP contribution in [0, 0.1) is 5.92 Å². The number of imide groups is 1. The van der Waals surface area contributed by atoms with Crippen LogP contribution in [0.1, 0.15) is 60.7 Å². The van der Waals surface area contributed by atoms with Gasteiger partial charge in [0.2, 0.25) is 5.91 Å². The second kappa shape index (κ2) is 8.25. The van der Waals surface area contributed by atoms with Gasteiger partial charge in [-0.1, -0.05) is 45.7 Å². The first-order valence-electron chi connectivity index (χ1n) is 8.89. The molecule has 2 unspecified atom stereocenters. The number of hydrogen-bond donors (Lipinski definition) is 2. The first-order valence-corrected chi connectivity index (χ1v) is 8.89. The maximum absolute atomic E-state index is 12.8. The maximum Gasteiger partial charge on any atom is 0.262 e. The Bertz CT molecular complexity index is 622. The lowest BCUT2D eigenvalue weighted by molar-refractivity contribution is -0.127. The molecule has 6 nitrogen and oxygen atoms in total. The summed E-state index contributed by atoms with van der Waals surface area (Å²) in [6.45, 7) is 6.07. The molecule has 1 aliphatic heterocycles. The van der Waals surface area contributed by atoms with Crippen LogP contribution in [0.25, 0.3) is 0 Å². The molecule has 0 spiro atoms. The zero-order chi connectivity index (χ0) is 18.6. The van der Waals surface area contributed by atoms with Crippen molar-refractivity contribution >= 4 is 17.7 Å². The SMILES string of the molecule is CCCCC(CN)NC(=O)C(C(C)C)N1C(=O)c2ccccc2C1=O. The lowest BCUT2D eigenvalue weighted by Crippen LogP contribution is -2.55. The molecule has 0 saturated heterocycles. The summed E-state index contributed by atoms with van der Waals surface area (Å²) in [5.41, 5.74) is 6.46. The highest BCUT2D eigenvalue weighted by Crippen LogP contribution is 2.27. The van der Waals surface area contributed by atoms with Crippen LogP contribution in [-0.4, -0.2) is 41.2 Å². The van der Waals surface area contributed by atoms with Gasteiger partial charge in [0.05, 0.1) is 11.1 Å². The Kier molecular flexibility index (Phi) is 6.31. The summed E-state index contributed by atoms with van der Waals surface area (Å²) in [7, 11) is 0. The van der Waals surface area contributed by atoms with Gasteiger partial charge in [0.25, 0.3) is 11.8 Å². The maximum atomic E-state index is 12.8. The van der Waals surface area contributed by atoms with E-state index in [4.69, 9.17) is 5.73 Å². The standard InChI is InChI=1S/C19H27N3O3/c1-4-5-8-13(11-20)21-17(23)16(12(2)3)22-18(24)14-9-6-7-10-15(14)19(22)25/h6-7,9-10,12-13,16H,4-5,8,11,20H2,1-3H3,(H,21,23). The third-order valence-corrected chi connectivity index (χ3v) is 4.54. The van der Waals surface area contributed by atoms with E-state index < -0.39 is 17.9 Å². The van der Waals surface area contributed by atoms with E-state index in [-0.39, 0.29) is 17.9 Å². The van der Waals surface area contributed by atoms with E-state index in [0.29, 0.717) is 17.7 Å². The number of hydrogen-bond acceptors (Lipinski definition) is 4. The van der Waals surface area contributed by atoms with E-state index in [9.17, 15) is 14.4 Å². The van der Waals surface area contributed by atoms with Crippen LogP contribution in [0.3, 0.4) is 0 Å². The molecule has 25 heavy (non-hydrogen) atoms. The first-order chi connectivity index (χ1) is 11.9. The van der Waals surface area contributed by atoms with Crippen molar-refractivity contribution < 1.29 is 14.4 Å². The Morgan fingerprint density at radius 2 is 1.72 bits per heavy atom. The number of unbranched alkanes of at least 4 members (excludes halogenated alkanes) is 1. The molecule has 2 rings (SSSR count). The molecule has 1 aromatic carbocycles. The largest absolute Gasteiger partial charge is 0.350 e. The minimum Gasteiger partial charge on any atom is -0.350 e. The van der Waals surface area contributed by atoms with Gasteiger partial charge < -0.3 is 11.1 Å². The van der Waals surface area contributed by atoms with Crippen LogP contribution in [0.4, 0.5) is 0 Å². The summed E-state index contributed by atoms with van der Waals surface area (Å²) in [6, 6.07) is 5.68. The molecule has 0 aromatic heterocycles. The zero-order valence-electron chi connectivity index (χ0n) is 15.1. The predicted molar refractivity (Wildman–Crippen MR) is 96.1 cm³/mol. The number of fused-ring (bicyclic) bond motifs is 1. The zero-order valence-corrected chi connectivity index (χ0v) is 15.1. The number of benzene rings is 1. The number of nitrogens with one attached hydrogen (secondary N) is 1. The molecule has 1 aromatic rings. The van der Waals surface area contributed by atoms with Crippen molar-refractivity contribution in [2.24, 2.45) is 11.7 Å². The third kappa shape index (κ3) is 3.90. The van der Waals surface area contributed by atoms with Crippen molar-refractivity contribution in [1.29, 1.82) is 0 Å². The fourth-order valence-corrected chi connectivity index (χ4v) is 3.16. The van der Waals surface area contributed by atoms with Crippen molar-refractivity contribution in [3.05, 3.63) is 35.4 Å². The minimum absolute atomic E-state index is 0.149. The second-order valence-electron chi connectivity index (χ2n) is 6.80. The summed E-state index contributed by atoms with van der Waals surface area (Å²) in [6.07, 6.45) is 2.76. The topological polar surface area (TPSA) is 92.5 Å². The number of carbonyl (C=O) groups excluding carboxylic acids is 3. The molecule has 0 bridgehead atoms. The summed E-state index contributed by atoms with van der Waals surface area (Å²) in [5.74, 6) is -1.34. The van der Waals surface area contributed by atoms with Gasteiger partial charge in [-0.05, 0) is 24.5 Å². The van der Waals surface area contributed by atoms with Gasteiger partial charge in [-0.3, -0.25) is 19.3 Å². The van der Waals surface area contributed by atoms with Gasteiger partial charge in [-0.2, -0.15) is 0 Å². The van der Waals surface area contributed by atoms with Crippen LogP contribution < -0.4 is 11.1 Å². The Morgan fingerprint density at radius 1 is 1.16 bits per heavy atom. The molecule has 0 saturated carbocycles. The lowest BCUT2D eigenvalue weighted by atomic mass is 10.0. The molecule has 0 radical (unpaired) electrons. The Balaban J connectivity index is 2.23. The van der Waals surface area contributed by atoms with Crippen molar-refractivity contribution in [3.63, 3.8) is 0 Å². The quantitative estimate of drug-likeness (QED) is 0.704. The van der Waals surface area contributed by atoms with E-state index in [1.54, 1.807) is 24.3 Å². The molecule has 6 heteroatoms. The molecular formula is C19H27N3O3. The molecular weight excluding hydrogens is 318 g/mol. The number of rotatable bonds is 8. The minimum atomic E-state index is -0.844. The molecule has 3 amide bonds. The summed E-state index contributed by atoms with van der Waals surface area (Å²) in [5, 5.41) is 2.92. The normalized spacial score (nSPS) is 16.1. The predicted octanol–water partition coefficient (Wildman–Crippen LogP) is 1.94. The average molecular weight is 345 g/mol. The molecule has 0 aliphatic carbocycles. The van der Waals surface area contributed by atoms with Crippen LogP contribution in [-0.2, 0) is 4.79 Å². The average Bonchev–Trinajstić information content (AvgIpc) is 2.84. The molecule has 3 N–H and O–H groups in total. The Morgan fingerprint density at radius 3 is 2.16 bits per heavy atom. The fourth-order valence-electron chi connectivity index (χ4n) is 3.16. The van der Waals surface area contributed by atoms with Crippen LogP contribution in [0.15, 0.2) is 24.3 Å². The highest BCUT2D eigenvalue weighted by Gasteiger charge is 2.44. The number of nitrogens with two attached hydrogens (primary N) is 1. The first kappa shape index (κ1) is 19.1. The fraction of sp³-hybridized carbons (Fsp3) is 0.526. The van der Waals surface area contributed by atoms with E-state index in [1.807, 2.05) is 13.8 Å². The van der Waals surface area contributed by atoms with Gasteiger partial charge in [0.1, 0.15) is 6.04 Å². The number of amides is 3. The summed E-state index contributed by atoms with van der Waals surface area (Å²) < 4.78 is 0. The van der Waals surface area contributed by atoms with Crippen LogP contribution in [0.2, 0.25) is 0 Å². The molecule has 1 heterocycles.